The monoisotopic (exact) mass is 202 g/mol. The van der Waals surface area contributed by atoms with Gasteiger partial charge in [-0.25, -0.2) is 0 Å². The summed E-state index contributed by atoms with van der Waals surface area (Å²) >= 11 is 0. The molecule has 0 spiro atoms. The molecule has 0 radical (unpaired) electrons. The molecule has 2 atom stereocenters. The molecule has 0 aromatic heterocycles. The minimum atomic E-state index is -0.798. The third kappa shape index (κ3) is 5.09. The van der Waals surface area contributed by atoms with Crippen molar-refractivity contribution in [3.8, 4) is 0 Å². The Morgan fingerprint density at radius 1 is 1.07 bits per heavy atom. The maximum Gasteiger partial charge on any atom is 0.140 e. The molecule has 0 rings (SSSR count). The van der Waals surface area contributed by atoms with Crippen molar-refractivity contribution in [1.29, 1.82) is 0 Å². The number of carbonyl (C=O) groups excluding carboxylic acids is 2. The average Bonchev–Trinajstić information content (AvgIpc) is 1.97. The van der Waals surface area contributed by atoms with Crippen LogP contribution in [0.5, 0.6) is 0 Å². The Bertz CT molecular complexity index is 196. The third-order valence-electron chi connectivity index (χ3n) is 2.10. The highest BCUT2D eigenvalue weighted by Gasteiger charge is 2.23. The fraction of sp³-hybridized carbons (Fsp3) is 0.800. The molecule has 2 unspecified atom stereocenters. The van der Waals surface area contributed by atoms with E-state index < -0.39 is 18.1 Å². The molecule has 0 heterocycles. The first-order valence-corrected chi connectivity index (χ1v) is 4.71. The SMILES string of the molecule is CC(=O)C(CC(O)CC(C)O)C(C)=O. The summed E-state index contributed by atoms with van der Waals surface area (Å²) in [5.74, 6) is -1.20. The molecule has 0 saturated carbocycles. The van der Waals surface area contributed by atoms with Crippen LogP contribution < -0.4 is 0 Å². The van der Waals surface area contributed by atoms with Crippen molar-refractivity contribution in [1.82, 2.24) is 0 Å². The predicted octanol–water partition coefficient (Wildman–Crippen LogP) is 0.303. The Kier molecular flexibility index (Phi) is 5.57. The fourth-order valence-corrected chi connectivity index (χ4v) is 1.38. The van der Waals surface area contributed by atoms with Gasteiger partial charge in [0.15, 0.2) is 0 Å². The number of aliphatic hydroxyl groups excluding tert-OH is 2. The summed E-state index contributed by atoms with van der Waals surface area (Å²) in [7, 11) is 0. The summed E-state index contributed by atoms with van der Waals surface area (Å²) in [4.78, 5) is 22.0. The first-order valence-electron chi connectivity index (χ1n) is 4.71. The van der Waals surface area contributed by atoms with Crippen molar-refractivity contribution < 1.29 is 19.8 Å². The normalized spacial score (nSPS) is 15.3. The minimum Gasteiger partial charge on any atom is -0.393 e. The summed E-state index contributed by atoms with van der Waals surface area (Å²) < 4.78 is 0. The van der Waals surface area contributed by atoms with Gasteiger partial charge in [0.1, 0.15) is 11.6 Å². The number of aliphatic hydroxyl groups is 2. The van der Waals surface area contributed by atoms with Gasteiger partial charge >= 0.3 is 0 Å². The zero-order chi connectivity index (χ0) is 11.3. The van der Waals surface area contributed by atoms with Crippen LogP contribution in [-0.2, 0) is 9.59 Å². The first-order chi connectivity index (χ1) is 6.34. The molecule has 0 aromatic rings. The van der Waals surface area contributed by atoms with Gasteiger partial charge in [0.05, 0.1) is 18.1 Å². The van der Waals surface area contributed by atoms with Gasteiger partial charge < -0.3 is 10.2 Å². The Morgan fingerprint density at radius 2 is 1.50 bits per heavy atom. The number of hydrogen-bond donors (Lipinski definition) is 2. The van der Waals surface area contributed by atoms with Crippen LogP contribution in [0.4, 0.5) is 0 Å². The Hall–Kier alpha value is -0.740. The molecule has 0 aromatic carbocycles. The van der Waals surface area contributed by atoms with Gasteiger partial charge in [0.25, 0.3) is 0 Å². The van der Waals surface area contributed by atoms with Crippen molar-refractivity contribution in [3.05, 3.63) is 0 Å². The van der Waals surface area contributed by atoms with Crippen LogP contribution in [0.1, 0.15) is 33.6 Å². The van der Waals surface area contributed by atoms with Crippen molar-refractivity contribution in [2.75, 3.05) is 0 Å². The molecular weight excluding hydrogens is 184 g/mol. The first kappa shape index (κ1) is 13.3. The molecule has 4 heteroatoms. The smallest absolute Gasteiger partial charge is 0.140 e. The number of rotatable bonds is 6. The summed E-state index contributed by atoms with van der Waals surface area (Å²) in [5, 5.41) is 18.4. The summed E-state index contributed by atoms with van der Waals surface area (Å²) in [6.45, 7) is 4.22. The van der Waals surface area contributed by atoms with Crippen LogP contribution in [0.25, 0.3) is 0 Å². The van der Waals surface area contributed by atoms with E-state index in [4.69, 9.17) is 5.11 Å². The van der Waals surface area contributed by atoms with E-state index in [2.05, 4.69) is 0 Å². The van der Waals surface area contributed by atoms with Crippen LogP contribution in [0.15, 0.2) is 0 Å². The number of carbonyl (C=O) groups is 2. The second-order valence-electron chi connectivity index (χ2n) is 3.75. The van der Waals surface area contributed by atoms with Crippen molar-refractivity contribution in [2.45, 2.75) is 45.8 Å². The van der Waals surface area contributed by atoms with Gasteiger partial charge in [-0.15, -0.1) is 0 Å². The lowest BCUT2D eigenvalue weighted by Gasteiger charge is -2.16. The lowest BCUT2D eigenvalue weighted by atomic mass is 9.92. The molecule has 14 heavy (non-hydrogen) atoms. The second-order valence-corrected chi connectivity index (χ2v) is 3.75. The van der Waals surface area contributed by atoms with Gasteiger partial charge in [-0.1, -0.05) is 0 Å². The Labute approximate surface area is 83.9 Å². The Morgan fingerprint density at radius 3 is 1.79 bits per heavy atom. The van der Waals surface area contributed by atoms with E-state index in [1.807, 2.05) is 0 Å². The summed E-state index contributed by atoms with van der Waals surface area (Å²) in [5.41, 5.74) is 0. The van der Waals surface area contributed by atoms with Gasteiger partial charge in [-0.3, -0.25) is 9.59 Å². The molecule has 0 fully saturated rings. The van der Waals surface area contributed by atoms with Crippen LogP contribution in [0.3, 0.4) is 0 Å². The standard InChI is InChI=1S/C10H18O4/c1-6(11)4-9(14)5-10(7(2)12)8(3)13/h6,9-11,14H,4-5H2,1-3H3. The van der Waals surface area contributed by atoms with E-state index in [1.54, 1.807) is 6.92 Å². The second kappa shape index (κ2) is 5.88. The van der Waals surface area contributed by atoms with Crippen molar-refractivity contribution in [3.63, 3.8) is 0 Å². The van der Waals surface area contributed by atoms with Gasteiger partial charge in [-0.05, 0) is 33.6 Å². The zero-order valence-electron chi connectivity index (χ0n) is 8.86. The van der Waals surface area contributed by atoms with E-state index in [-0.39, 0.29) is 24.4 Å². The van der Waals surface area contributed by atoms with Gasteiger partial charge in [0.2, 0.25) is 0 Å². The highest BCUT2D eigenvalue weighted by atomic mass is 16.3. The maximum absolute atomic E-state index is 11.0. The van der Waals surface area contributed by atoms with Gasteiger partial charge in [0, 0.05) is 0 Å². The lowest BCUT2D eigenvalue weighted by molar-refractivity contribution is -0.131. The molecular formula is C10H18O4. The highest BCUT2D eigenvalue weighted by molar-refractivity contribution is 6.00. The van der Waals surface area contributed by atoms with E-state index in [1.165, 1.54) is 13.8 Å². The maximum atomic E-state index is 11.0. The van der Waals surface area contributed by atoms with Gasteiger partial charge in [-0.2, -0.15) is 0 Å². The molecule has 0 aliphatic heterocycles. The van der Waals surface area contributed by atoms with E-state index in [0.717, 1.165) is 0 Å². The number of ketones is 2. The molecule has 0 aliphatic rings. The molecule has 0 aliphatic carbocycles. The largest absolute Gasteiger partial charge is 0.393 e. The number of hydrogen-bond acceptors (Lipinski definition) is 4. The molecule has 4 nitrogen and oxygen atoms in total. The van der Waals surface area contributed by atoms with Crippen LogP contribution in [0, 0.1) is 5.92 Å². The fourth-order valence-electron chi connectivity index (χ4n) is 1.38. The van der Waals surface area contributed by atoms with Crippen LogP contribution in [0.2, 0.25) is 0 Å². The van der Waals surface area contributed by atoms with E-state index in [9.17, 15) is 14.7 Å². The minimum absolute atomic E-state index is 0.107. The van der Waals surface area contributed by atoms with Crippen LogP contribution in [-0.4, -0.2) is 34.0 Å². The molecule has 2 N–H and O–H groups in total. The van der Waals surface area contributed by atoms with E-state index in [0.29, 0.717) is 0 Å². The summed E-state index contributed by atoms with van der Waals surface area (Å²) in [6.07, 6.45) is -1.12. The lowest BCUT2D eigenvalue weighted by Crippen LogP contribution is -2.26. The van der Waals surface area contributed by atoms with Crippen molar-refractivity contribution in [2.24, 2.45) is 5.92 Å². The van der Waals surface area contributed by atoms with Crippen molar-refractivity contribution >= 4 is 11.6 Å². The Balaban J connectivity index is 4.17. The quantitative estimate of drug-likeness (QED) is 0.607. The average molecular weight is 202 g/mol. The molecule has 0 amide bonds. The number of Topliss-reactive ketones (excluding diaryl/α,β-unsaturated/α-hetero) is 2. The topological polar surface area (TPSA) is 74.6 Å². The molecule has 82 valence electrons. The third-order valence-corrected chi connectivity index (χ3v) is 2.10. The van der Waals surface area contributed by atoms with Crippen LogP contribution >= 0.6 is 0 Å². The molecule has 0 bridgehead atoms. The highest BCUT2D eigenvalue weighted by Crippen LogP contribution is 2.13. The van der Waals surface area contributed by atoms with E-state index >= 15 is 0 Å². The molecule has 0 saturated heterocycles. The summed E-state index contributed by atoms with van der Waals surface area (Å²) in [6, 6.07) is 0. The zero-order valence-corrected chi connectivity index (χ0v) is 8.86. The predicted molar refractivity (Wildman–Crippen MR) is 51.8 cm³/mol.